The summed E-state index contributed by atoms with van der Waals surface area (Å²) in [7, 11) is 0. The first-order chi connectivity index (χ1) is 8.90. The molecule has 1 fully saturated rings. The fourth-order valence-electron chi connectivity index (χ4n) is 1.98. The van der Waals surface area contributed by atoms with Gasteiger partial charge in [0.25, 0.3) is 0 Å². The average Bonchev–Trinajstić information content (AvgIpc) is 3.03. The van der Waals surface area contributed by atoms with Crippen molar-refractivity contribution in [3.8, 4) is 0 Å². The van der Waals surface area contributed by atoms with Gasteiger partial charge in [-0.2, -0.15) is 4.98 Å². The van der Waals surface area contributed by atoms with Crippen molar-refractivity contribution in [2.75, 3.05) is 19.8 Å². The van der Waals surface area contributed by atoms with Gasteiger partial charge in [0.15, 0.2) is 5.82 Å². The zero-order valence-corrected chi connectivity index (χ0v) is 10.8. The van der Waals surface area contributed by atoms with Crippen molar-refractivity contribution in [3.63, 3.8) is 0 Å². The highest BCUT2D eigenvalue weighted by Crippen LogP contribution is 2.13. The SMILES string of the molecule is c1csc(Cc2noc(CC3COCCN3)n2)c1. The molecule has 0 aliphatic carbocycles. The summed E-state index contributed by atoms with van der Waals surface area (Å²) in [5.74, 6) is 1.44. The Kier molecular flexibility index (Phi) is 3.68. The molecule has 5 nitrogen and oxygen atoms in total. The van der Waals surface area contributed by atoms with E-state index in [-0.39, 0.29) is 6.04 Å². The van der Waals surface area contributed by atoms with Gasteiger partial charge in [0, 0.05) is 30.3 Å². The van der Waals surface area contributed by atoms with Crippen molar-refractivity contribution < 1.29 is 9.26 Å². The Hall–Kier alpha value is -1.24. The van der Waals surface area contributed by atoms with Crippen LogP contribution in [0.15, 0.2) is 22.0 Å². The predicted molar refractivity (Wildman–Crippen MR) is 67.7 cm³/mol. The van der Waals surface area contributed by atoms with Crippen LogP contribution >= 0.6 is 11.3 Å². The number of thiophene rings is 1. The molecule has 1 N–H and O–H groups in total. The van der Waals surface area contributed by atoms with E-state index in [0.29, 0.717) is 12.5 Å². The van der Waals surface area contributed by atoms with Crippen LogP contribution < -0.4 is 5.32 Å². The highest BCUT2D eigenvalue weighted by molar-refractivity contribution is 7.09. The first-order valence-electron chi connectivity index (χ1n) is 6.05. The number of ether oxygens (including phenoxy) is 1. The highest BCUT2D eigenvalue weighted by atomic mass is 32.1. The van der Waals surface area contributed by atoms with Gasteiger partial charge in [0.05, 0.1) is 13.2 Å². The third-order valence-electron chi connectivity index (χ3n) is 2.84. The smallest absolute Gasteiger partial charge is 0.228 e. The van der Waals surface area contributed by atoms with Gasteiger partial charge in [-0.3, -0.25) is 0 Å². The predicted octanol–water partition coefficient (Wildman–Crippen LogP) is 1.25. The van der Waals surface area contributed by atoms with Crippen LogP contribution in [0.4, 0.5) is 0 Å². The Morgan fingerprint density at radius 3 is 3.28 bits per heavy atom. The van der Waals surface area contributed by atoms with Gasteiger partial charge in [0.1, 0.15) is 0 Å². The second kappa shape index (κ2) is 5.60. The lowest BCUT2D eigenvalue weighted by Gasteiger charge is -2.22. The zero-order chi connectivity index (χ0) is 12.2. The van der Waals surface area contributed by atoms with Crippen molar-refractivity contribution in [3.05, 3.63) is 34.1 Å². The molecular formula is C12H15N3O2S. The summed E-state index contributed by atoms with van der Waals surface area (Å²) in [5.41, 5.74) is 0. The molecule has 0 aromatic carbocycles. The second-order valence-corrected chi connectivity index (χ2v) is 5.32. The molecule has 1 saturated heterocycles. The van der Waals surface area contributed by atoms with Crippen LogP contribution in [0.2, 0.25) is 0 Å². The van der Waals surface area contributed by atoms with Crippen LogP contribution in [0.25, 0.3) is 0 Å². The molecule has 0 amide bonds. The van der Waals surface area contributed by atoms with Crippen LogP contribution in [-0.2, 0) is 17.6 Å². The molecule has 1 unspecified atom stereocenters. The normalized spacial score (nSPS) is 20.1. The lowest BCUT2D eigenvalue weighted by Crippen LogP contribution is -2.42. The van der Waals surface area contributed by atoms with E-state index in [9.17, 15) is 0 Å². The molecule has 3 rings (SSSR count). The number of hydrogen-bond acceptors (Lipinski definition) is 6. The summed E-state index contributed by atoms with van der Waals surface area (Å²) in [6.45, 7) is 2.38. The first-order valence-corrected chi connectivity index (χ1v) is 6.93. The van der Waals surface area contributed by atoms with E-state index in [2.05, 4.69) is 26.9 Å². The Labute approximate surface area is 109 Å². The van der Waals surface area contributed by atoms with Crippen molar-refractivity contribution in [1.82, 2.24) is 15.5 Å². The van der Waals surface area contributed by atoms with Gasteiger partial charge in [-0.15, -0.1) is 11.3 Å². The maximum absolute atomic E-state index is 5.40. The maximum atomic E-state index is 5.40. The minimum absolute atomic E-state index is 0.286. The number of nitrogens with one attached hydrogen (secondary N) is 1. The molecule has 1 aliphatic rings. The van der Waals surface area contributed by atoms with Gasteiger partial charge in [0.2, 0.25) is 5.89 Å². The number of nitrogens with zero attached hydrogens (tertiary/aromatic N) is 2. The summed E-state index contributed by atoms with van der Waals surface area (Å²) in [4.78, 5) is 5.66. The van der Waals surface area contributed by atoms with Crippen LogP contribution in [0.3, 0.4) is 0 Å². The summed E-state index contributed by atoms with van der Waals surface area (Å²) < 4.78 is 10.7. The summed E-state index contributed by atoms with van der Waals surface area (Å²) >= 11 is 1.71. The van der Waals surface area contributed by atoms with Gasteiger partial charge in [-0.1, -0.05) is 11.2 Å². The molecule has 6 heteroatoms. The average molecular weight is 265 g/mol. The minimum Gasteiger partial charge on any atom is -0.378 e. The molecule has 96 valence electrons. The van der Waals surface area contributed by atoms with Crippen LogP contribution in [0.5, 0.6) is 0 Å². The third-order valence-corrected chi connectivity index (χ3v) is 3.72. The fraction of sp³-hybridized carbons (Fsp3) is 0.500. The quantitative estimate of drug-likeness (QED) is 0.901. The van der Waals surface area contributed by atoms with Crippen LogP contribution in [0.1, 0.15) is 16.6 Å². The van der Waals surface area contributed by atoms with Crippen molar-refractivity contribution in [2.45, 2.75) is 18.9 Å². The lowest BCUT2D eigenvalue weighted by atomic mass is 10.2. The molecule has 0 bridgehead atoms. The molecule has 0 spiro atoms. The summed E-state index contributed by atoms with van der Waals surface area (Å²) in [5, 5.41) is 9.44. The maximum Gasteiger partial charge on any atom is 0.228 e. The molecule has 3 heterocycles. The van der Waals surface area contributed by atoms with Crippen LogP contribution in [0, 0.1) is 0 Å². The number of morpholine rings is 1. The molecule has 18 heavy (non-hydrogen) atoms. The van der Waals surface area contributed by atoms with Crippen LogP contribution in [-0.4, -0.2) is 35.9 Å². The highest BCUT2D eigenvalue weighted by Gasteiger charge is 2.17. The summed E-state index contributed by atoms with van der Waals surface area (Å²) in [6.07, 6.45) is 1.48. The van der Waals surface area contributed by atoms with Crippen molar-refractivity contribution in [1.29, 1.82) is 0 Å². The van der Waals surface area contributed by atoms with E-state index in [1.807, 2.05) is 6.07 Å². The monoisotopic (exact) mass is 265 g/mol. The Morgan fingerprint density at radius 1 is 1.50 bits per heavy atom. The van der Waals surface area contributed by atoms with E-state index in [1.54, 1.807) is 11.3 Å². The van der Waals surface area contributed by atoms with E-state index in [4.69, 9.17) is 9.26 Å². The third kappa shape index (κ3) is 2.95. The molecule has 0 radical (unpaired) electrons. The van der Waals surface area contributed by atoms with E-state index < -0.39 is 0 Å². The van der Waals surface area contributed by atoms with E-state index in [1.165, 1.54) is 4.88 Å². The van der Waals surface area contributed by atoms with E-state index >= 15 is 0 Å². The van der Waals surface area contributed by atoms with E-state index in [0.717, 1.165) is 31.8 Å². The Morgan fingerprint density at radius 2 is 2.50 bits per heavy atom. The topological polar surface area (TPSA) is 60.2 Å². The van der Waals surface area contributed by atoms with Gasteiger partial charge >= 0.3 is 0 Å². The minimum atomic E-state index is 0.286. The standard InChI is InChI=1S/C12H15N3O2S/c1-2-10(18-5-1)7-11-14-12(17-15-11)6-9-8-16-4-3-13-9/h1-2,5,9,13H,3-4,6-8H2. The molecule has 1 atom stereocenters. The second-order valence-electron chi connectivity index (χ2n) is 4.29. The number of rotatable bonds is 4. The number of hydrogen-bond donors (Lipinski definition) is 1. The fourth-order valence-corrected chi connectivity index (χ4v) is 2.68. The molecule has 2 aromatic rings. The Balaban J connectivity index is 1.59. The zero-order valence-electron chi connectivity index (χ0n) is 9.96. The van der Waals surface area contributed by atoms with Crippen molar-refractivity contribution in [2.24, 2.45) is 0 Å². The first kappa shape index (κ1) is 11.8. The van der Waals surface area contributed by atoms with Gasteiger partial charge in [-0.05, 0) is 11.4 Å². The van der Waals surface area contributed by atoms with Crippen molar-refractivity contribution >= 4 is 11.3 Å². The molecule has 0 saturated carbocycles. The lowest BCUT2D eigenvalue weighted by molar-refractivity contribution is 0.0744. The number of aromatic nitrogens is 2. The summed E-state index contributed by atoms with van der Waals surface area (Å²) in [6, 6.07) is 4.40. The molecular weight excluding hydrogens is 250 g/mol. The van der Waals surface area contributed by atoms with Gasteiger partial charge in [-0.25, -0.2) is 0 Å². The molecule has 1 aliphatic heterocycles. The Bertz CT molecular complexity index is 477. The van der Waals surface area contributed by atoms with Gasteiger partial charge < -0.3 is 14.6 Å². The largest absolute Gasteiger partial charge is 0.378 e. The molecule has 2 aromatic heterocycles.